The van der Waals surface area contributed by atoms with Crippen molar-refractivity contribution in [2.24, 2.45) is 5.84 Å². The third kappa shape index (κ3) is 4.79. The molecule has 0 saturated heterocycles. The summed E-state index contributed by atoms with van der Waals surface area (Å²) in [5, 5.41) is 6.97. The number of urea groups is 1. The van der Waals surface area contributed by atoms with Crippen LogP contribution >= 0.6 is 11.6 Å². The van der Waals surface area contributed by atoms with Crippen LogP contribution in [0.2, 0.25) is 5.02 Å². The number of nitrogens with two attached hydrogens (primary N) is 1. The summed E-state index contributed by atoms with van der Waals surface area (Å²) in [5.74, 6) is 6.41. The molecule has 1 heterocycles. The zero-order valence-electron chi connectivity index (χ0n) is 13.4. The molecule has 1 aromatic carbocycles. The molecule has 1 atom stereocenters. The molecule has 4 N–H and O–H groups in total. The van der Waals surface area contributed by atoms with E-state index >= 15 is 0 Å². The van der Waals surface area contributed by atoms with Gasteiger partial charge in [0, 0.05) is 25.4 Å². The van der Waals surface area contributed by atoms with Crippen LogP contribution in [0.5, 0.6) is 0 Å². The van der Waals surface area contributed by atoms with E-state index in [2.05, 4.69) is 20.6 Å². The third-order valence-electron chi connectivity index (χ3n) is 3.01. The summed E-state index contributed by atoms with van der Waals surface area (Å²) in [6.45, 7) is 2.41. The van der Waals surface area contributed by atoms with Crippen molar-refractivity contribution >= 4 is 35.1 Å². The van der Waals surface area contributed by atoms with Crippen LogP contribution in [0.3, 0.4) is 0 Å². The van der Waals surface area contributed by atoms with Gasteiger partial charge in [0.15, 0.2) is 5.82 Å². The van der Waals surface area contributed by atoms with Gasteiger partial charge in [-0.3, -0.25) is 0 Å². The molecule has 0 unspecified atom stereocenters. The van der Waals surface area contributed by atoms with E-state index in [-0.39, 0.29) is 11.9 Å². The first-order valence-electron chi connectivity index (χ1n) is 7.20. The molecule has 0 aliphatic carbocycles. The second-order valence-corrected chi connectivity index (χ2v) is 5.43. The number of hydrazine groups is 1. The first-order valence-corrected chi connectivity index (χ1v) is 7.58. The van der Waals surface area contributed by atoms with Crippen molar-refractivity contribution in [1.82, 2.24) is 9.97 Å². The summed E-state index contributed by atoms with van der Waals surface area (Å²) in [5.41, 5.74) is 0.459. The first kappa shape index (κ1) is 17.9. The van der Waals surface area contributed by atoms with Crippen LogP contribution in [0.4, 0.5) is 22.2 Å². The lowest BCUT2D eigenvalue weighted by molar-refractivity contribution is 0.190. The zero-order chi connectivity index (χ0) is 17.5. The van der Waals surface area contributed by atoms with Crippen molar-refractivity contribution in [3.05, 3.63) is 41.6 Å². The van der Waals surface area contributed by atoms with Gasteiger partial charge in [-0.25, -0.2) is 20.6 Å². The summed E-state index contributed by atoms with van der Waals surface area (Å²) in [7, 11) is 1.61. The fourth-order valence-electron chi connectivity index (χ4n) is 1.91. The zero-order valence-corrected chi connectivity index (χ0v) is 14.1. The van der Waals surface area contributed by atoms with Gasteiger partial charge in [-0.2, -0.15) is 4.98 Å². The van der Waals surface area contributed by atoms with E-state index in [4.69, 9.17) is 22.2 Å². The van der Waals surface area contributed by atoms with Crippen molar-refractivity contribution in [2.75, 3.05) is 29.4 Å². The normalized spacial score (nSPS) is 11.7. The lowest BCUT2D eigenvalue weighted by Gasteiger charge is -2.18. The average Bonchev–Trinajstić information content (AvgIpc) is 2.56. The largest absolute Gasteiger partial charge is 0.383 e. The lowest BCUT2D eigenvalue weighted by atomic mass is 10.3. The molecular weight excluding hydrogens is 332 g/mol. The van der Waals surface area contributed by atoms with Gasteiger partial charge in [-0.15, -0.1) is 0 Å². The lowest BCUT2D eigenvalue weighted by Crippen LogP contribution is -2.41. The van der Waals surface area contributed by atoms with E-state index in [0.717, 1.165) is 5.01 Å². The summed E-state index contributed by atoms with van der Waals surface area (Å²) >= 11 is 6.01. The minimum absolute atomic E-state index is 0.00780. The summed E-state index contributed by atoms with van der Waals surface area (Å²) in [6.07, 6.45) is 1.51. The van der Waals surface area contributed by atoms with Crippen LogP contribution in [0, 0.1) is 0 Å². The van der Waals surface area contributed by atoms with E-state index in [9.17, 15) is 4.79 Å². The molecule has 128 valence electrons. The van der Waals surface area contributed by atoms with E-state index in [1.807, 2.05) is 6.92 Å². The number of nitrogens with zero attached hydrogens (tertiary/aromatic N) is 3. The number of halogens is 1. The van der Waals surface area contributed by atoms with Crippen molar-refractivity contribution in [1.29, 1.82) is 0 Å². The Morgan fingerprint density at radius 3 is 2.88 bits per heavy atom. The summed E-state index contributed by atoms with van der Waals surface area (Å²) in [4.78, 5) is 20.5. The second kappa shape index (κ2) is 8.44. The fraction of sp³-hybridized carbons (Fsp3) is 0.267. The number of anilines is 3. The van der Waals surface area contributed by atoms with Crippen molar-refractivity contribution < 1.29 is 9.53 Å². The monoisotopic (exact) mass is 350 g/mol. The van der Waals surface area contributed by atoms with Gasteiger partial charge in [0.1, 0.15) is 0 Å². The minimum Gasteiger partial charge on any atom is -0.383 e. The van der Waals surface area contributed by atoms with Gasteiger partial charge in [0.05, 0.1) is 17.3 Å². The van der Waals surface area contributed by atoms with Gasteiger partial charge in [0.2, 0.25) is 5.95 Å². The highest BCUT2D eigenvalue weighted by Crippen LogP contribution is 2.21. The maximum Gasteiger partial charge on any atom is 0.342 e. The SMILES string of the molecule is COC[C@H](C)Nc1nccc(N(N)C(=O)Nc2ccccc2Cl)n1. The Morgan fingerprint density at radius 1 is 1.42 bits per heavy atom. The van der Waals surface area contributed by atoms with Crippen molar-refractivity contribution in [3.63, 3.8) is 0 Å². The van der Waals surface area contributed by atoms with Gasteiger partial charge < -0.3 is 15.4 Å². The Labute approximate surface area is 145 Å². The number of rotatable bonds is 6. The van der Waals surface area contributed by atoms with Crippen LogP contribution in [0.25, 0.3) is 0 Å². The standard InChI is InChI=1S/C15H19ClN6O2/c1-10(9-24-2)19-14-18-8-7-13(21-14)22(17)15(23)20-12-6-4-3-5-11(12)16/h3-8,10H,9,17H2,1-2H3,(H,20,23)(H,18,19,21)/t10-/m0/s1. The Balaban J connectivity index is 2.07. The highest BCUT2D eigenvalue weighted by Gasteiger charge is 2.15. The predicted octanol–water partition coefficient (Wildman–Crippen LogP) is 2.49. The van der Waals surface area contributed by atoms with Gasteiger partial charge in [0.25, 0.3) is 0 Å². The number of benzene rings is 1. The Kier molecular flexibility index (Phi) is 6.30. The molecule has 0 spiro atoms. The number of carbonyl (C=O) groups is 1. The molecule has 9 heteroatoms. The predicted molar refractivity (Wildman–Crippen MR) is 94.1 cm³/mol. The van der Waals surface area contributed by atoms with E-state index in [1.165, 1.54) is 12.3 Å². The van der Waals surface area contributed by atoms with Crippen LogP contribution in [-0.2, 0) is 4.74 Å². The molecule has 0 aliphatic heterocycles. The molecular formula is C15H19ClN6O2. The van der Waals surface area contributed by atoms with Crippen LogP contribution in [-0.4, -0.2) is 35.8 Å². The van der Waals surface area contributed by atoms with Crippen LogP contribution in [0.15, 0.2) is 36.5 Å². The number of carbonyl (C=O) groups excluding carboxylic acids is 1. The molecule has 2 aromatic rings. The molecule has 1 aromatic heterocycles. The maximum atomic E-state index is 12.2. The molecule has 24 heavy (non-hydrogen) atoms. The molecule has 0 aliphatic rings. The fourth-order valence-corrected chi connectivity index (χ4v) is 2.09. The molecule has 2 amide bonds. The second-order valence-electron chi connectivity index (χ2n) is 5.02. The number of hydrogen-bond donors (Lipinski definition) is 3. The Morgan fingerprint density at radius 2 is 2.17 bits per heavy atom. The van der Waals surface area contributed by atoms with E-state index in [0.29, 0.717) is 23.3 Å². The number of ether oxygens (including phenoxy) is 1. The van der Waals surface area contributed by atoms with Gasteiger partial charge in [-0.05, 0) is 19.1 Å². The average molecular weight is 351 g/mol. The first-order chi connectivity index (χ1) is 11.5. The van der Waals surface area contributed by atoms with Crippen LogP contribution in [0.1, 0.15) is 6.92 Å². The molecule has 0 saturated carbocycles. The van der Waals surface area contributed by atoms with E-state index < -0.39 is 6.03 Å². The smallest absolute Gasteiger partial charge is 0.342 e. The van der Waals surface area contributed by atoms with E-state index in [1.54, 1.807) is 31.4 Å². The van der Waals surface area contributed by atoms with Gasteiger partial charge >= 0.3 is 6.03 Å². The minimum atomic E-state index is -0.572. The van der Waals surface area contributed by atoms with Crippen molar-refractivity contribution in [2.45, 2.75) is 13.0 Å². The maximum absolute atomic E-state index is 12.2. The number of para-hydroxylation sites is 1. The number of nitrogens with one attached hydrogen (secondary N) is 2. The molecule has 0 fully saturated rings. The Bertz CT molecular complexity index is 699. The number of aromatic nitrogens is 2. The highest BCUT2D eigenvalue weighted by atomic mass is 35.5. The number of methoxy groups -OCH3 is 1. The number of amides is 2. The topological polar surface area (TPSA) is 105 Å². The molecule has 8 nitrogen and oxygen atoms in total. The molecule has 0 bridgehead atoms. The van der Waals surface area contributed by atoms with Crippen LogP contribution < -0.4 is 21.5 Å². The molecule has 2 rings (SSSR count). The summed E-state index contributed by atoms with van der Waals surface area (Å²) in [6, 6.07) is 7.83. The van der Waals surface area contributed by atoms with Crippen molar-refractivity contribution in [3.8, 4) is 0 Å². The third-order valence-corrected chi connectivity index (χ3v) is 3.34. The van der Waals surface area contributed by atoms with Gasteiger partial charge in [-0.1, -0.05) is 23.7 Å². The molecule has 0 radical (unpaired) electrons. The Hall–Kier alpha value is -2.42. The quantitative estimate of drug-likeness (QED) is 0.420. The number of hydrogen-bond acceptors (Lipinski definition) is 6. The highest BCUT2D eigenvalue weighted by molar-refractivity contribution is 6.33. The summed E-state index contributed by atoms with van der Waals surface area (Å²) < 4.78 is 5.04.